The molecule has 0 aromatic carbocycles. The predicted octanol–water partition coefficient (Wildman–Crippen LogP) is 2.43. The van der Waals surface area contributed by atoms with Gasteiger partial charge in [0.05, 0.1) is 5.60 Å². The molecule has 0 spiro atoms. The van der Waals surface area contributed by atoms with Crippen molar-refractivity contribution < 1.29 is 10.2 Å². The fraction of sp³-hybridized carbons (Fsp3) is 1.00. The first-order valence-corrected chi connectivity index (χ1v) is 7.67. The lowest BCUT2D eigenvalue weighted by Crippen LogP contribution is -2.66. The number of halogens is 2. The number of aliphatic hydroxyl groups is 2. The van der Waals surface area contributed by atoms with Crippen molar-refractivity contribution in [2.45, 2.75) is 51.0 Å². The van der Waals surface area contributed by atoms with Gasteiger partial charge >= 0.3 is 0 Å². The molecule has 4 fully saturated rings. The minimum atomic E-state index is -0.486. The largest absolute Gasteiger partial charge is 0.396 e. The van der Waals surface area contributed by atoms with Gasteiger partial charge in [-0.3, -0.25) is 0 Å². The van der Waals surface area contributed by atoms with Crippen molar-refractivity contribution in [1.82, 2.24) is 0 Å². The number of alkyl halides is 2. The van der Waals surface area contributed by atoms with Gasteiger partial charge in [0.15, 0.2) is 0 Å². The van der Waals surface area contributed by atoms with Gasteiger partial charge in [-0.05, 0) is 43.9 Å². The third-order valence-corrected chi connectivity index (χ3v) is 6.64. The Hall–Kier alpha value is 1.38. The van der Waals surface area contributed by atoms with Gasteiger partial charge in [0.2, 0.25) is 0 Å². The van der Waals surface area contributed by atoms with E-state index in [9.17, 15) is 10.2 Å². The van der Waals surface area contributed by atoms with Crippen LogP contribution in [0.3, 0.4) is 0 Å². The van der Waals surface area contributed by atoms with Crippen LogP contribution in [0.2, 0.25) is 0 Å². The van der Waals surface area contributed by atoms with Crippen molar-refractivity contribution in [3.05, 3.63) is 0 Å². The van der Waals surface area contributed by atoms with E-state index in [1.165, 1.54) is 6.42 Å². The molecule has 2 N–H and O–H groups in total. The van der Waals surface area contributed by atoms with Crippen molar-refractivity contribution in [2.24, 2.45) is 5.41 Å². The summed E-state index contributed by atoms with van der Waals surface area (Å²) in [6.45, 7) is 0.255. The summed E-state index contributed by atoms with van der Waals surface area (Å²) in [6.07, 6.45) is 6.12. The van der Waals surface area contributed by atoms with E-state index >= 15 is 0 Å². The van der Waals surface area contributed by atoms with Crippen LogP contribution in [0, 0.1) is 5.41 Å². The van der Waals surface area contributed by atoms with E-state index < -0.39 is 5.60 Å². The van der Waals surface area contributed by atoms with Crippen molar-refractivity contribution in [1.29, 1.82) is 0 Å². The summed E-state index contributed by atoms with van der Waals surface area (Å²) in [5.74, 6) is 0. The van der Waals surface area contributed by atoms with Gasteiger partial charge in [-0.1, -0.05) is 45.2 Å². The van der Waals surface area contributed by atoms with Gasteiger partial charge in [-0.2, -0.15) is 0 Å². The standard InChI is InChI=1S/C11H16I2O2/c12-9-1-8(7-14)2-10(13,4-9)6-11(15,3-8)5-9/h14-15H,1-7H2. The maximum Gasteiger partial charge on any atom is 0.0679 e. The van der Waals surface area contributed by atoms with Crippen LogP contribution in [0.15, 0.2) is 0 Å². The Morgan fingerprint density at radius 2 is 1.40 bits per heavy atom. The molecule has 4 saturated carbocycles. The molecule has 2 unspecified atom stereocenters. The molecule has 4 aliphatic carbocycles. The summed E-state index contributed by atoms with van der Waals surface area (Å²) >= 11 is 5.09. The highest BCUT2D eigenvalue weighted by Crippen LogP contribution is 2.69. The van der Waals surface area contributed by atoms with E-state index in [0.717, 1.165) is 32.1 Å². The van der Waals surface area contributed by atoms with Gasteiger partial charge < -0.3 is 10.2 Å². The molecule has 15 heavy (non-hydrogen) atoms. The Morgan fingerprint density at radius 1 is 0.867 bits per heavy atom. The van der Waals surface area contributed by atoms with Crippen molar-refractivity contribution in [2.75, 3.05) is 6.61 Å². The second-order valence-electron chi connectivity index (χ2n) is 6.24. The lowest BCUT2D eigenvalue weighted by atomic mass is 9.48. The highest BCUT2D eigenvalue weighted by Gasteiger charge is 2.66. The molecule has 2 atom stereocenters. The smallest absolute Gasteiger partial charge is 0.0679 e. The molecular weight excluding hydrogens is 418 g/mol. The predicted molar refractivity (Wildman–Crippen MR) is 75.7 cm³/mol. The Bertz CT molecular complexity index is 264. The molecule has 86 valence electrons. The zero-order valence-corrected chi connectivity index (χ0v) is 12.9. The molecule has 4 aliphatic rings. The first-order chi connectivity index (χ1) is 6.80. The molecule has 0 aromatic rings. The lowest BCUT2D eigenvalue weighted by Gasteiger charge is -2.66. The normalized spacial score (nSPS) is 62.4. The number of hydrogen-bond acceptors (Lipinski definition) is 2. The number of rotatable bonds is 1. The van der Waals surface area contributed by atoms with E-state index in [-0.39, 0.29) is 18.9 Å². The van der Waals surface area contributed by atoms with Crippen LogP contribution in [0.1, 0.15) is 38.5 Å². The van der Waals surface area contributed by atoms with Crippen molar-refractivity contribution in [3.63, 3.8) is 0 Å². The Balaban J connectivity index is 2.06. The summed E-state index contributed by atoms with van der Waals surface area (Å²) in [7, 11) is 0. The molecule has 0 saturated heterocycles. The number of aliphatic hydroxyl groups excluding tert-OH is 1. The summed E-state index contributed by atoms with van der Waals surface area (Å²) in [5.41, 5.74) is -0.467. The summed E-state index contributed by atoms with van der Waals surface area (Å²) in [6, 6.07) is 0. The first-order valence-electron chi connectivity index (χ1n) is 5.51. The molecule has 4 heteroatoms. The van der Waals surface area contributed by atoms with E-state index in [1.807, 2.05) is 0 Å². The van der Waals surface area contributed by atoms with Gasteiger partial charge in [-0.15, -0.1) is 0 Å². The summed E-state index contributed by atoms with van der Waals surface area (Å²) in [5, 5.41) is 20.3. The van der Waals surface area contributed by atoms with Crippen molar-refractivity contribution >= 4 is 45.2 Å². The summed E-state index contributed by atoms with van der Waals surface area (Å²) in [4.78, 5) is 0. The molecule has 0 amide bonds. The third-order valence-electron chi connectivity index (χ3n) is 4.35. The summed E-state index contributed by atoms with van der Waals surface area (Å²) < 4.78 is 0.482. The van der Waals surface area contributed by atoms with Gasteiger partial charge in [0.1, 0.15) is 0 Å². The maximum atomic E-state index is 10.6. The minimum Gasteiger partial charge on any atom is -0.396 e. The zero-order valence-electron chi connectivity index (χ0n) is 8.60. The Morgan fingerprint density at radius 3 is 1.80 bits per heavy atom. The van der Waals surface area contributed by atoms with Crippen LogP contribution in [-0.4, -0.2) is 29.3 Å². The van der Waals surface area contributed by atoms with Gasteiger partial charge in [0, 0.05) is 13.5 Å². The van der Waals surface area contributed by atoms with Crippen LogP contribution < -0.4 is 0 Å². The SMILES string of the molecule is OCC12CC3(O)CC(I)(CC(I)(C3)C1)C2. The third kappa shape index (κ3) is 1.69. The maximum absolute atomic E-state index is 10.6. The van der Waals surface area contributed by atoms with Crippen LogP contribution >= 0.6 is 45.2 Å². The first kappa shape index (κ1) is 11.5. The lowest BCUT2D eigenvalue weighted by molar-refractivity contribution is -0.148. The average molecular weight is 434 g/mol. The fourth-order valence-electron chi connectivity index (χ4n) is 4.71. The van der Waals surface area contributed by atoms with E-state index in [4.69, 9.17) is 0 Å². The van der Waals surface area contributed by atoms with Crippen LogP contribution in [0.5, 0.6) is 0 Å². The quantitative estimate of drug-likeness (QED) is 0.492. The van der Waals surface area contributed by atoms with Crippen LogP contribution in [-0.2, 0) is 0 Å². The fourth-order valence-corrected chi connectivity index (χ4v) is 9.94. The van der Waals surface area contributed by atoms with Crippen LogP contribution in [0.25, 0.3) is 0 Å². The molecule has 0 heterocycles. The molecule has 2 nitrogen and oxygen atoms in total. The monoisotopic (exact) mass is 434 g/mol. The van der Waals surface area contributed by atoms with E-state index in [2.05, 4.69) is 45.2 Å². The average Bonchev–Trinajstić information content (AvgIpc) is 1.94. The second-order valence-corrected chi connectivity index (χ2v) is 10.8. The molecule has 0 aromatic heterocycles. The molecular formula is C11H16I2O2. The highest BCUT2D eigenvalue weighted by atomic mass is 127. The van der Waals surface area contributed by atoms with Gasteiger partial charge in [-0.25, -0.2) is 0 Å². The van der Waals surface area contributed by atoms with Gasteiger partial charge in [0.25, 0.3) is 0 Å². The second kappa shape index (κ2) is 3.03. The Labute approximate surface area is 117 Å². The molecule has 4 rings (SSSR count). The zero-order chi connectivity index (χ0) is 10.9. The minimum absolute atomic E-state index is 0.0197. The number of hydrogen-bond donors (Lipinski definition) is 2. The molecule has 4 bridgehead atoms. The topological polar surface area (TPSA) is 40.5 Å². The molecule has 0 radical (unpaired) electrons. The van der Waals surface area contributed by atoms with E-state index in [0.29, 0.717) is 0 Å². The molecule has 0 aliphatic heterocycles. The van der Waals surface area contributed by atoms with Crippen molar-refractivity contribution in [3.8, 4) is 0 Å². The Kier molecular flexibility index (Phi) is 2.32. The highest BCUT2D eigenvalue weighted by molar-refractivity contribution is 14.1. The van der Waals surface area contributed by atoms with E-state index in [1.54, 1.807) is 0 Å². The van der Waals surface area contributed by atoms with Crippen LogP contribution in [0.4, 0.5) is 0 Å².